The van der Waals surface area contributed by atoms with Crippen LogP contribution in [0, 0.1) is 0 Å². The van der Waals surface area contributed by atoms with Gasteiger partial charge in [0.15, 0.2) is 10.9 Å². The summed E-state index contributed by atoms with van der Waals surface area (Å²) in [7, 11) is 0. The SMILES string of the molecule is CCC(c1ccccc1)n1c2ccccc2c2ccnc(N(C=O)NC(N)=S)c21. The molecule has 1 unspecified atom stereocenters. The Morgan fingerprint density at radius 3 is 2.59 bits per heavy atom. The van der Waals surface area contributed by atoms with Gasteiger partial charge in [-0.1, -0.05) is 55.5 Å². The second-order valence-corrected chi connectivity index (χ2v) is 7.14. The highest BCUT2D eigenvalue weighted by molar-refractivity contribution is 7.80. The van der Waals surface area contributed by atoms with Gasteiger partial charge < -0.3 is 10.3 Å². The first-order valence-electron chi connectivity index (χ1n) is 9.39. The first-order valence-corrected chi connectivity index (χ1v) is 9.79. The van der Waals surface area contributed by atoms with Crippen LogP contribution in [0.25, 0.3) is 21.8 Å². The van der Waals surface area contributed by atoms with E-state index in [1.807, 2.05) is 36.4 Å². The molecular weight excluding hydrogens is 382 g/mol. The molecule has 2 aromatic carbocycles. The molecule has 29 heavy (non-hydrogen) atoms. The number of hydrogen-bond acceptors (Lipinski definition) is 3. The number of fused-ring (bicyclic) bond motifs is 3. The molecule has 2 heterocycles. The molecule has 7 heteroatoms. The van der Waals surface area contributed by atoms with Gasteiger partial charge in [-0.05, 0) is 36.3 Å². The molecule has 0 radical (unpaired) electrons. The molecule has 1 amide bonds. The van der Waals surface area contributed by atoms with Gasteiger partial charge >= 0.3 is 0 Å². The van der Waals surface area contributed by atoms with E-state index in [1.165, 1.54) is 10.6 Å². The zero-order chi connectivity index (χ0) is 20.4. The molecule has 6 nitrogen and oxygen atoms in total. The number of carbonyl (C=O) groups excluding carboxylic acids is 1. The van der Waals surface area contributed by atoms with Crippen LogP contribution < -0.4 is 16.2 Å². The number of thiocarbonyl (C=S) groups is 1. The fourth-order valence-electron chi connectivity index (χ4n) is 3.92. The highest BCUT2D eigenvalue weighted by atomic mass is 32.1. The summed E-state index contributed by atoms with van der Waals surface area (Å²) in [4.78, 5) is 16.3. The standard InChI is InChI=1S/C22H21N5OS/c1-2-18(15-8-4-3-5-9-15)27-19-11-7-6-10-16(19)17-12-13-24-21(20(17)27)26(14-28)25-22(23)29/h3-14,18H,2H2,1H3,(H3,23,25,29). The number of nitrogens with zero attached hydrogens (tertiary/aromatic N) is 3. The maximum Gasteiger partial charge on any atom is 0.234 e. The van der Waals surface area contributed by atoms with Crippen LogP contribution in [0.1, 0.15) is 24.9 Å². The lowest BCUT2D eigenvalue weighted by molar-refractivity contribution is -0.107. The highest BCUT2D eigenvalue weighted by Gasteiger charge is 2.23. The Kier molecular flexibility index (Phi) is 5.14. The number of carbonyl (C=O) groups is 1. The molecule has 0 aliphatic heterocycles. The minimum atomic E-state index is -0.00587. The van der Waals surface area contributed by atoms with Crippen molar-refractivity contribution in [3.05, 3.63) is 72.4 Å². The van der Waals surface area contributed by atoms with Crippen LogP contribution in [-0.2, 0) is 4.79 Å². The second kappa shape index (κ2) is 7.89. The third kappa shape index (κ3) is 3.30. The maximum atomic E-state index is 11.8. The van der Waals surface area contributed by atoms with E-state index in [0.717, 1.165) is 28.2 Å². The van der Waals surface area contributed by atoms with Crippen molar-refractivity contribution in [1.82, 2.24) is 15.0 Å². The lowest BCUT2D eigenvalue weighted by Gasteiger charge is -2.24. The molecule has 4 aromatic rings. The molecule has 0 saturated heterocycles. The third-order valence-electron chi connectivity index (χ3n) is 5.05. The molecular formula is C22H21N5OS. The van der Waals surface area contributed by atoms with Crippen molar-refractivity contribution in [3.8, 4) is 0 Å². The number of amides is 1. The number of benzene rings is 2. The quantitative estimate of drug-likeness (QED) is 0.290. The van der Waals surface area contributed by atoms with Crippen LogP contribution in [-0.4, -0.2) is 21.1 Å². The molecule has 0 bridgehead atoms. The van der Waals surface area contributed by atoms with E-state index in [0.29, 0.717) is 12.2 Å². The number of rotatable bonds is 6. The lowest BCUT2D eigenvalue weighted by Crippen LogP contribution is -2.45. The van der Waals surface area contributed by atoms with Gasteiger partial charge in [0.2, 0.25) is 6.41 Å². The van der Waals surface area contributed by atoms with Gasteiger partial charge in [0.25, 0.3) is 0 Å². The van der Waals surface area contributed by atoms with Crippen LogP contribution >= 0.6 is 12.2 Å². The van der Waals surface area contributed by atoms with Gasteiger partial charge in [0.05, 0.1) is 11.6 Å². The molecule has 0 aliphatic rings. The van der Waals surface area contributed by atoms with Crippen molar-refractivity contribution in [2.75, 3.05) is 5.01 Å². The number of nitrogens with one attached hydrogen (secondary N) is 1. The first kappa shape index (κ1) is 18.9. The summed E-state index contributed by atoms with van der Waals surface area (Å²) in [6, 6.07) is 20.6. The minimum absolute atomic E-state index is 0.00587. The number of pyridine rings is 1. The predicted octanol–water partition coefficient (Wildman–Crippen LogP) is 3.90. The Morgan fingerprint density at radius 1 is 1.17 bits per heavy atom. The van der Waals surface area contributed by atoms with Crippen molar-refractivity contribution in [2.24, 2.45) is 5.73 Å². The first-order chi connectivity index (χ1) is 14.2. The summed E-state index contributed by atoms with van der Waals surface area (Å²) in [6.45, 7) is 2.15. The molecule has 146 valence electrons. The summed E-state index contributed by atoms with van der Waals surface area (Å²) in [5.74, 6) is 0.455. The fraction of sp³-hybridized carbons (Fsp3) is 0.136. The summed E-state index contributed by atoms with van der Waals surface area (Å²) in [6.07, 6.45) is 3.19. The van der Waals surface area contributed by atoms with E-state index in [9.17, 15) is 4.79 Å². The molecule has 2 aromatic heterocycles. The molecule has 0 fully saturated rings. The average Bonchev–Trinajstić information content (AvgIpc) is 3.08. The van der Waals surface area contributed by atoms with Crippen LogP contribution in [0.3, 0.4) is 0 Å². The predicted molar refractivity (Wildman–Crippen MR) is 121 cm³/mol. The summed E-state index contributed by atoms with van der Waals surface area (Å²) < 4.78 is 2.25. The topological polar surface area (TPSA) is 76.2 Å². The van der Waals surface area contributed by atoms with Crippen LogP contribution in [0.15, 0.2) is 66.9 Å². The smallest absolute Gasteiger partial charge is 0.234 e. The summed E-state index contributed by atoms with van der Waals surface area (Å²) in [5, 5.41) is 3.34. The lowest BCUT2D eigenvalue weighted by atomic mass is 10.0. The Balaban J connectivity index is 2.08. The second-order valence-electron chi connectivity index (χ2n) is 6.70. The number of para-hydroxylation sites is 1. The zero-order valence-corrected chi connectivity index (χ0v) is 16.8. The highest BCUT2D eigenvalue weighted by Crippen LogP contribution is 2.38. The molecule has 0 spiro atoms. The third-order valence-corrected chi connectivity index (χ3v) is 5.14. The fourth-order valence-corrected chi connectivity index (χ4v) is 4.02. The number of hydrazine groups is 1. The van der Waals surface area contributed by atoms with E-state index in [-0.39, 0.29) is 11.2 Å². The van der Waals surface area contributed by atoms with E-state index >= 15 is 0 Å². The van der Waals surface area contributed by atoms with E-state index in [1.54, 1.807) is 6.20 Å². The summed E-state index contributed by atoms with van der Waals surface area (Å²) >= 11 is 4.94. The molecule has 4 rings (SSSR count). The maximum absolute atomic E-state index is 11.8. The van der Waals surface area contributed by atoms with Crippen LogP contribution in [0.2, 0.25) is 0 Å². The number of anilines is 1. The molecule has 1 atom stereocenters. The van der Waals surface area contributed by atoms with Crippen molar-refractivity contribution >= 4 is 51.4 Å². The average molecular weight is 404 g/mol. The number of nitrogens with two attached hydrogens (primary N) is 1. The Bertz CT molecular complexity index is 1190. The Morgan fingerprint density at radius 2 is 1.90 bits per heavy atom. The van der Waals surface area contributed by atoms with E-state index in [2.05, 4.69) is 46.2 Å². The van der Waals surface area contributed by atoms with Crippen molar-refractivity contribution in [1.29, 1.82) is 0 Å². The Labute approximate surface area is 173 Å². The van der Waals surface area contributed by atoms with Crippen molar-refractivity contribution in [3.63, 3.8) is 0 Å². The van der Waals surface area contributed by atoms with Gasteiger partial charge in [-0.3, -0.25) is 10.2 Å². The Hall–Kier alpha value is -3.45. The molecule has 3 N–H and O–H groups in total. The van der Waals surface area contributed by atoms with Crippen LogP contribution in [0.5, 0.6) is 0 Å². The van der Waals surface area contributed by atoms with Crippen molar-refractivity contribution in [2.45, 2.75) is 19.4 Å². The van der Waals surface area contributed by atoms with Gasteiger partial charge in [-0.2, -0.15) is 0 Å². The van der Waals surface area contributed by atoms with Gasteiger partial charge in [0.1, 0.15) is 0 Å². The largest absolute Gasteiger partial charge is 0.375 e. The van der Waals surface area contributed by atoms with Gasteiger partial charge in [-0.15, -0.1) is 0 Å². The van der Waals surface area contributed by atoms with Crippen LogP contribution in [0.4, 0.5) is 5.82 Å². The van der Waals surface area contributed by atoms with Gasteiger partial charge in [0, 0.05) is 22.5 Å². The number of aromatic nitrogens is 2. The van der Waals surface area contributed by atoms with E-state index in [4.69, 9.17) is 18.0 Å². The minimum Gasteiger partial charge on any atom is -0.375 e. The van der Waals surface area contributed by atoms with Gasteiger partial charge in [-0.25, -0.2) is 9.99 Å². The zero-order valence-electron chi connectivity index (χ0n) is 15.9. The summed E-state index contributed by atoms with van der Waals surface area (Å²) in [5.41, 5.74) is 11.4. The molecule has 0 saturated carbocycles. The monoisotopic (exact) mass is 403 g/mol. The normalized spacial score (nSPS) is 12.0. The molecule has 0 aliphatic carbocycles. The number of hydrogen-bond donors (Lipinski definition) is 2. The van der Waals surface area contributed by atoms with Crippen molar-refractivity contribution < 1.29 is 4.79 Å². The van der Waals surface area contributed by atoms with E-state index < -0.39 is 0 Å².